The molecule has 1 rings (SSSR count). The van der Waals surface area contributed by atoms with Gasteiger partial charge in [-0.1, -0.05) is 58.4 Å². The molecule has 0 atom stereocenters. The molecule has 0 saturated carbocycles. The van der Waals surface area contributed by atoms with Crippen molar-refractivity contribution in [1.82, 2.24) is 0 Å². The first kappa shape index (κ1) is 9.44. The predicted octanol–water partition coefficient (Wildman–Crippen LogP) is 3.25. The highest BCUT2D eigenvalue weighted by Gasteiger charge is 1.57. The molecular formula is C9H11Br. The predicted molar refractivity (Wildman–Crippen MR) is 50.4 cm³/mol. The first-order chi connectivity index (χ1) is 4.91. The van der Waals surface area contributed by atoms with Gasteiger partial charge in [0, 0.05) is 5.33 Å². The highest BCUT2D eigenvalue weighted by atomic mass is 79.9. The van der Waals surface area contributed by atoms with Crippen molar-refractivity contribution in [3.8, 4) is 0 Å². The molecule has 0 aromatic heterocycles. The summed E-state index contributed by atoms with van der Waals surface area (Å²) in [6.07, 6.45) is 1.79. The average molecular weight is 199 g/mol. The van der Waals surface area contributed by atoms with Gasteiger partial charge in [0.2, 0.25) is 0 Å². The lowest BCUT2D eigenvalue weighted by Gasteiger charge is -1.69. The molecule has 0 fully saturated rings. The zero-order chi connectivity index (χ0) is 7.66. The second-order valence-electron chi connectivity index (χ2n) is 1.60. The van der Waals surface area contributed by atoms with Crippen LogP contribution in [0.15, 0.2) is 49.1 Å². The zero-order valence-electron chi connectivity index (χ0n) is 5.83. The fraction of sp³-hybridized carbons (Fsp3) is 0.111. The Kier molecular flexibility index (Phi) is 7.97. The second-order valence-corrected chi connectivity index (χ2v) is 2.25. The monoisotopic (exact) mass is 198 g/mol. The molecule has 0 N–H and O–H groups in total. The first-order valence-corrected chi connectivity index (χ1v) is 4.21. The summed E-state index contributed by atoms with van der Waals surface area (Å²) < 4.78 is 0. The summed E-state index contributed by atoms with van der Waals surface area (Å²) >= 11 is 3.13. The van der Waals surface area contributed by atoms with Crippen molar-refractivity contribution in [2.24, 2.45) is 0 Å². The molecule has 0 amide bonds. The lowest BCUT2D eigenvalue weighted by atomic mass is 10.4. The van der Waals surface area contributed by atoms with Gasteiger partial charge in [0.25, 0.3) is 0 Å². The first-order valence-electron chi connectivity index (χ1n) is 3.08. The van der Waals surface area contributed by atoms with Gasteiger partial charge in [-0.2, -0.15) is 0 Å². The Morgan fingerprint density at radius 3 is 1.30 bits per heavy atom. The quantitative estimate of drug-likeness (QED) is 0.481. The third kappa shape index (κ3) is 7.44. The van der Waals surface area contributed by atoms with Crippen LogP contribution in [0.3, 0.4) is 0 Å². The Morgan fingerprint density at radius 1 is 1.00 bits per heavy atom. The minimum absolute atomic E-state index is 0.896. The van der Waals surface area contributed by atoms with Crippen LogP contribution in [0.4, 0.5) is 0 Å². The van der Waals surface area contributed by atoms with E-state index < -0.39 is 0 Å². The van der Waals surface area contributed by atoms with Gasteiger partial charge in [0.05, 0.1) is 0 Å². The number of benzene rings is 1. The zero-order valence-corrected chi connectivity index (χ0v) is 7.42. The van der Waals surface area contributed by atoms with Crippen molar-refractivity contribution in [2.75, 3.05) is 5.33 Å². The normalized spacial score (nSPS) is 7.30. The Hall–Kier alpha value is -0.560. The molecule has 0 unspecified atom stereocenters. The second kappa shape index (κ2) is 8.44. The number of allylic oxidation sites excluding steroid dienone is 1. The Balaban J connectivity index is 0.000000180. The van der Waals surface area contributed by atoms with Crippen LogP contribution < -0.4 is 0 Å². The lowest BCUT2D eigenvalue weighted by molar-refractivity contribution is 1.72. The SMILES string of the molecule is C=CCBr.c1ccccc1. The third-order valence-electron chi connectivity index (χ3n) is 0.776. The minimum atomic E-state index is 0.896. The fourth-order valence-corrected chi connectivity index (χ4v) is 0.385. The molecule has 10 heavy (non-hydrogen) atoms. The molecule has 0 radical (unpaired) electrons. The van der Waals surface area contributed by atoms with Crippen LogP contribution in [0.1, 0.15) is 0 Å². The van der Waals surface area contributed by atoms with Crippen LogP contribution in [0.2, 0.25) is 0 Å². The highest BCUT2D eigenvalue weighted by Crippen LogP contribution is 1.79. The van der Waals surface area contributed by atoms with Crippen LogP contribution in [0.5, 0.6) is 0 Å². The van der Waals surface area contributed by atoms with E-state index in [1.165, 1.54) is 0 Å². The molecule has 0 aliphatic heterocycles. The maximum atomic E-state index is 3.43. The van der Waals surface area contributed by atoms with E-state index in [1.807, 2.05) is 36.4 Å². The van der Waals surface area contributed by atoms with Crippen molar-refractivity contribution in [2.45, 2.75) is 0 Å². The number of halogens is 1. The van der Waals surface area contributed by atoms with E-state index >= 15 is 0 Å². The summed E-state index contributed by atoms with van der Waals surface area (Å²) in [5.74, 6) is 0. The van der Waals surface area contributed by atoms with E-state index in [0.717, 1.165) is 5.33 Å². The van der Waals surface area contributed by atoms with Crippen LogP contribution in [-0.4, -0.2) is 5.33 Å². The van der Waals surface area contributed by atoms with E-state index in [9.17, 15) is 0 Å². The van der Waals surface area contributed by atoms with Gasteiger partial charge >= 0.3 is 0 Å². The Bertz CT molecular complexity index is 119. The summed E-state index contributed by atoms with van der Waals surface area (Å²) in [5.41, 5.74) is 0. The minimum Gasteiger partial charge on any atom is -0.102 e. The van der Waals surface area contributed by atoms with Gasteiger partial charge in [-0.25, -0.2) is 0 Å². The summed E-state index contributed by atoms with van der Waals surface area (Å²) in [7, 11) is 0. The smallest absolute Gasteiger partial charge is 0.0209 e. The van der Waals surface area contributed by atoms with Gasteiger partial charge in [0.1, 0.15) is 0 Å². The van der Waals surface area contributed by atoms with Crippen molar-refractivity contribution < 1.29 is 0 Å². The van der Waals surface area contributed by atoms with E-state index in [1.54, 1.807) is 6.08 Å². The van der Waals surface area contributed by atoms with Gasteiger partial charge in [0.15, 0.2) is 0 Å². The van der Waals surface area contributed by atoms with Crippen LogP contribution in [0.25, 0.3) is 0 Å². The summed E-state index contributed by atoms with van der Waals surface area (Å²) in [6, 6.07) is 12.0. The summed E-state index contributed by atoms with van der Waals surface area (Å²) in [5, 5.41) is 0.896. The van der Waals surface area contributed by atoms with Crippen molar-refractivity contribution in [1.29, 1.82) is 0 Å². The number of hydrogen-bond acceptors (Lipinski definition) is 0. The van der Waals surface area contributed by atoms with E-state index in [4.69, 9.17) is 0 Å². The molecule has 0 nitrogen and oxygen atoms in total. The van der Waals surface area contributed by atoms with Crippen molar-refractivity contribution in [3.63, 3.8) is 0 Å². The van der Waals surface area contributed by atoms with Crippen LogP contribution in [0, 0.1) is 0 Å². The number of alkyl halides is 1. The molecule has 54 valence electrons. The van der Waals surface area contributed by atoms with Gasteiger partial charge < -0.3 is 0 Å². The maximum absolute atomic E-state index is 3.43. The summed E-state index contributed by atoms with van der Waals surface area (Å²) in [6.45, 7) is 3.43. The molecular weight excluding hydrogens is 188 g/mol. The number of hydrogen-bond donors (Lipinski definition) is 0. The van der Waals surface area contributed by atoms with Gasteiger partial charge in [-0.15, -0.1) is 6.58 Å². The lowest BCUT2D eigenvalue weighted by Crippen LogP contribution is -1.47. The third-order valence-corrected chi connectivity index (χ3v) is 1.23. The van der Waals surface area contributed by atoms with Crippen LogP contribution in [-0.2, 0) is 0 Å². The average Bonchev–Trinajstić information content (AvgIpc) is 2.08. The molecule has 1 aromatic carbocycles. The molecule has 0 heterocycles. The molecule has 1 heteroatoms. The molecule has 1 aromatic rings. The topological polar surface area (TPSA) is 0 Å². The van der Waals surface area contributed by atoms with Gasteiger partial charge in [-0.05, 0) is 0 Å². The van der Waals surface area contributed by atoms with E-state index in [2.05, 4.69) is 22.5 Å². The standard InChI is InChI=1S/C6H6.C3H5Br/c1-2-4-6-5-3-1;1-2-3-4/h1-6H;2H,1,3H2. The largest absolute Gasteiger partial charge is 0.102 e. The van der Waals surface area contributed by atoms with Gasteiger partial charge in [-0.3, -0.25) is 0 Å². The molecule has 0 spiro atoms. The molecule has 0 aliphatic rings. The van der Waals surface area contributed by atoms with Crippen molar-refractivity contribution in [3.05, 3.63) is 49.1 Å². The molecule has 0 saturated heterocycles. The van der Waals surface area contributed by atoms with E-state index in [0.29, 0.717) is 0 Å². The highest BCUT2D eigenvalue weighted by molar-refractivity contribution is 9.09. The number of rotatable bonds is 1. The van der Waals surface area contributed by atoms with E-state index in [-0.39, 0.29) is 0 Å². The molecule has 0 aliphatic carbocycles. The summed E-state index contributed by atoms with van der Waals surface area (Å²) in [4.78, 5) is 0. The van der Waals surface area contributed by atoms with Crippen molar-refractivity contribution >= 4 is 15.9 Å². The molecule has 0 bridgehead atoms. The maximum Gasteiger partial charge on any atom is 0.0209 e. The fourth-order valence-electron chi connectivity index (χ4n) is 0.385. The van der Waals surface area contributed by atoms with Crippen LogP contribution >= 0.6 is 15.9 Å². The Labute approximate surface area is 70.7 Å². The Morgan fingerprint density at radius 2 is 1.20 bits per heavy atom.